The van der Waals surface area contributed by atoms with Crippen molar-refractivity contribution in [2.75, 3.05) is 17.0 Å². The first-order valence-electron chi connectivity index (χ1n) is 5.09. The Morgan fingerprint density at radius 3 is 2.62 bits per heavy atom. The van der Waals surface area contributed by atoms with E-state index in [4.69, 9.17) is 5.73 Å². The lowest BCUT2D eigenvalue weighted by atomic mass is 10.2. The molecule has 0 fully saturated rings. The second-order valence-corrected chi connectivity index (χ2v) is 5.58. The summed E-state index contributed by atoms with van der Waals surface area (Å²) in [6.07, 6.45) is 0.445. The third-order valence-electron chi connectivity index (χ3n) is 1.98. The summed E-state index contributed by atoms with van der Waals surface area (Å²) in [4.78, 5) is 4.11. The van der Waals surface area contributed by atoms with E-state index in [0.717, 1.165) is 11.3 Å². The molecule has 0 aliphatic carbocycles. The first kappa shape index (κ1) is 12.9. The Hall–Kier alpha value is -1.14. The number of anilines is 1. The van der Waals surface area contributed by atoms with E-state index in [1.165, 1.54) is 0 Å². The molecule has 0 saturated carbocycles. The molecule has 0 spiro atoms. The van der Waals surface area contributed by atoms with Crippen LogP contribution in [0.5, 0.6) is 0 Å². The lowest BCUT2D eigenvalue weighted by Gasteiger charge is -2.08. The molecule has 16 heavy (non-hydrogen) atoms. The summed E-state index contributed by atoms with van der Waals surface area (Å²) in [7, 11) is -3.32. The molecule has 1 aromatic heterocycles. The van der Waals surface area contributed by atoms with Crippen LogP contribution in [0.15, 0.2) is 12.1 Å². The molecule has 1 rings (SSSR count). The second-order valence-electron chi connectivity index (χ2n) is 3.73. The zero-order valence-electron chi connectivity index (χ0n) is 9.53. The molecule has 90 valence electrons. The van der Waals surface area contributed by atoms with E-state index in [9.17, 15) is 8.42 Å². The summed E-state index contributed by atoms with van der Waals surface area (Å²) < 4.78 is 25.6. The maximum absolute atomic E-state index is 11.6. The minimum absolute atomic E-state index is 0.0260. The Kier molecular flexibility index (Phi) is 4.26. The van der Waals surface area contributed by atoms with Gasteiger partial charge in [0.1, 0.15) is 5.82 Å². The van der Waals surface area contributed by atoms with Gasteiger partial charge in [-0.3, -0.25) is 4.72 Å². The van der Waals surface area contributed by atoms with Gasteiger partial charge in [0, 0.05) is 5.69 Å². The van der Waals surface area contributed by atoms with Gasteiger partial charge in [0.2, 0.25) is 10.0 Å². The molecule has 0 saturated heterocycles. The number of aryl methyl sites for hydroxylation is 2. The standard InChI is InChI=1S/C10H17N3O2S/c1-8-6-9(2)12-10(7-8)13-16(14,15)5-3-4-11/h6-7H,3-5,11H2,1-2H3,(H,12,13). The SMILES string of the molecule is Cc1cc(C)nc(NS(=O)(=O)CCCN)c1. The van der Waals surface area contributed by atoms with Crippen molar-refractivity contribution in [1.29, 1.82) is 0 Å². The lowest BCUT2D eigenvalue weighted by molar-refractivity contribution is 0.598. The second kappa shape index (κ2) is 5.27. The van der Waals surface area contributed by atoms with E-state index in [-0.39, 0.29) is 5.75 Å². The Morgan fingerprint density at radius 2 is 2.06 bits per heavy atom. The predicted octanol–water partition coefficient (Wildman–Crippen LogP) is 0.789. The largest absolute Gasteiger partial charge is 0.330 e. The lowest BCUT2D eigenvalue weighted by Crippen LogP contribution is -2.19. The van der Waals surface area contributed by atoms with Crippen LogP contribution in [0, 0.1) is 13.8 Å². The molecule has 0 bridgehead atoms. The highest BCUT2D eigenvalue weighted by molar-refractivity contribution is 7.92. The topological polar surface area (TPSA) is 85.1 Å². The van der Waals surface area contributed by atoms with Gasteiger partial charge < -0.3 is 5.73 Å². The average Bonchev–Trinajstić information content (AvgIpc) is 2.12. The summed E-state index contributed by atoms with van der Waals surface area (Å²) in [5, 5.41) is 0. The summed E-state index contributed by atoms with van der Waals surface area (Å²) in [6.45, 7) is 4.08. The minimum atomic E-state index is -3.32. The highest BCUT2D eigenvalue weighted by atomic mass is 32.2. The molecule has 5 nitrogen and oxygen atoms in total. The summed E-state index contributed by atoms with van der Waals surface area (Å²) >= 11 is 0. The predicted molar refractivity (Wildman–Crippen MR) is 64.8 cm³/mol. The summed E-state index contributed by atoms with van der Waals surface area (Å²) in [5.41, 5.74) is 7.03. The van der Waals surface area contributed by atoms with Gasteiger partial charge in [-0.15, -0.1) is 0 Å². The fourth-order valence-electron chi connectivity index (χ4n) is 1.38. The van der Waals surface area contributed by atoms with E-state index in [0.29, 0.717) is 18.8 Å². The van der Waals surface area contributed by atoms with Gasteiger partial charge in [-0.25, -0.2) is 13.4 Å². The van der Waals surface area contributed by atoms with Crippen molar-refractivity contribution >= 4 is 15.8 Å². The molecule has 1 heterocycles. The molecule has 6 heteroatoms. The van der Waals surface area contributed by atoms with Gasteiger partial charge in [-0.05, 0) is 44.5 Å². The molecule has 0 aromatic carbocycles. The number of sulfonamides is 1. The third kappa shape index (κ3) is 4.16. The fourth-order valence-corrected chi connectivity index (χ4v) is 2.45. The van der Waals surface area contributed by atoms with Crippen molar-refractivity contribution < 1.29 is 8.42 Å². The van der Waals surface area contributed by atoms with Crippen LogP contribution in [0.2, 0.25) is 0 Å². The molecule has 0 amide bonds. The van der Waals surface area contributed by atoms with Gasteiger partial charge in [0.05, 0.1) is 5.75 Å². The van der Waals surface area contributed by atoms with Gasteiger partial charge in [-0.2, -0.15) is 0 Å². The number of nitrogens with one attached hydrogen (secondary N) is 1. The van der Waals surface area contributed by atoms with Crippen LogP contribution >= 0.6 is 0 Å². The molecule has 3 N–H and O–H groups in total. The van der Waals surface area contributed by atoms with Crippen molar-refractivity contribution in [2.24, 2.45) is 5.73 Å². The van der Waals surface area contributed by atoms with E-state index in [1.54, 1.807) is 6.07 Å². The Bertz CT molecular complexity index is 437. The number of pyridine rings is 1. The van der Waals surface area contributed by atoms with E-state index in [2.05, 4.69) is 9.71 Å². The summed E-state index contributed by atoms with van der Waals surface area (Å²) in [6, 6.07) is 3.59. The van der Waals surface area contributed by atoms with Crippen LogP contribution in [0.1, 0.15) is 17.7 Å². The molecule has 1 aromatic rings. The van der Waals surface area contributed by atoms with Crippen molar-refractivity contribution in [1.82, 2.24) is 4.98 Å². The normalized spacial score (nSPS) is 11.4. The number of hydrogen-bond acceptors (Lipinski definition) is 4. The third-order valence-corrected chi connectivity index (χ3v) is 3.32. The maximum Gasteiger partial charge on any atom is 0.233 e. The van der Waals surface area contributed by atoms with E-state index >= 15 is 0 Å². The maximum atomic E-state index is 11.6. The zero-order valence-corrected chi connectivity index (χ0v) is 10.3. The monoisotopic (exact) mass is 243 g/mol. The quantitative estimate of drug-likeness (QED) is 0.800. The van der Waals surface area contributed by atoms with E-state index < -0.39 is 10.0 Å². The molecular formula is C10H17N3O2S. The molecule has 0 atom stereocenters. The first-order chi connectivity index (χ1) is 7.43. The van der Waals surface area contributed by atoms with Crippen LogP contribution < -0.4 is 10.5 Å². The molecular weight excluding hydrogens is 226 g/mol. The van der Waals surface area contributed by atoms with Gasteiger partial charge in [0.15, 0.2) is 0 Å². The van der Waals surface area contributed by atoms with E-state index in [1.807, 2.05) is 19.9 Å². The highest BCUT2D eigenvalue weighted by Gasteiger charge is 2.10. The van der Waals surface area contributed by atoms with Crippen LogP contribution in [-0.4, -0.2) is 25.7 Å². The fraction of sp³-hybridized carbons (Fsp3) is 0.500. The zero-order chi connectivity index (χ0) is 12.2. The summed E-state index contributed by atoms with van der Waals surface area (Å²) in [5.74, 6) is 0.396. The number of hydrogen-bond donors (Lipinski definition) is 2. The average molecular weight is 243 g/mol. The van der Waals surface area contributed by atoms with Crippen LogP contribution in [-0.2, 0) is 10.0 Å². The van der Waals surface area contributed by atoms with Gasteiger partial charge in [-0.1, -0.05) is 0 Å². The molecule has 0 aliphatic heterocycles. The number of nitrogens with zero attached hydrogens (tertiary/aromatic N) is 1. The van der Waals surface area contributed by atoms with Crippen LogP contribution in [0.25, 0.3) is 0 Å². The first-order valence-corrected chi connectivity index (χ1v) is 6.74. The number of aromatic nitrogens is 1. The van der Waals surface area contributed by atoms with Crippen molar-refractivity contribution in [3.05, 3.63) is 23.4 Å². The Balaban J connectivity index is 2.80. The molecule has 0 aliphatic rings. The van der Waals surface area contributed by atoms with Crippen molar-refractivity contribution in [2.45, 2.75) is 20.3 Å². The van der Waals surface area contributed by atoms with Crippen molar-refractivity contribution in [3.63, 3.8) is 0 Å². The Morgan fingerprint density at radius 1 is 1.38 bits per heavy atom. The van der Waals surface area contributed by atoms with Crippen molar-refractivity contribution in [3.8, 4) is 0 Å². The van der Waals surface area contributed by atoms with Gasteiger partial charge >= 0.3 is 0 Å². The van der Waals surface area contributed by atoms with Gasteiger partial charge in [0.25, 0.3) is 0 Å². The van der Waals surface area contributed by atoms with Crippen LogP contribution in [0.3, 0.4) is 0 Å². The van der Waals surface area contributed by atoms with Crippen LogP contribution in [0.4, 0.5) is 5.82 Å². The number of rotatable bonds is 5. The molecule has 0 radical (unpaired) electrons. The minimum Gasteiger partial charge on any atom is -0.330 e. The smallest absolute Gasteiger partial charge is 0.233 e. The molecule has 0 unspecified atom stereocenters. The number of nitrogens with two attached hydrogens (primary N) is 1. The Labute approximate surface area is 96.1 Å². The highest BCUT2D eigenvalue weighted by Crippen LogP contribution is 2.10.